The van der Waals surface area contributed by atoms with Crippen molar-refractivity contribution >= 4 is 28.8 Å². The number of carbonyl (C=O) groups excluding carboxylic acids is 1. The summed E-state index contributed by atoms with van der Waals surface area (Å²) < 4.78 is 0. The first kappa shape index (κ1) is 17.0. The number of likely N-dealkylation sites (N-methyl/N-ethyl adjacent to an activating group) is 1. The average Bonchev–Trinajstić information content (AvgIpc) is 3.00. The largest absolute Gasteiger partial charge is 0.354 e. The fourth-order valence-electron chi connectivity index (χ4n) is 2.31. The third-order valence-electron chi connectivity index (χ3n) is 3.60. The number of aryl methyl sites for hydroxylation is 1. The van der Waals surface area contributed by atoms with Crippen LogP contribution in [0.1, 0.15) is 23.6 Å². The molecule has 1 heterocycles. The first-order chi connectivity index (χ1) is 10.6. The summed E-state index contributed by atoms with van der Waals surface area (Å²) >= 11 is 7.93. The topological polar surface area (TPSA) is 32.3 Å². The molecule has 1 unspecified atom stereocenters. The molecule has 0 spiro atoms. The number of thiophene rings is 1. The molecule has 1 aromatic heterocycles. The second kappa shape index (κ2) is 8.32. The van der Waals surface area contributed by atoms with Crippen LogP contribution in [0.2, 0.25) is 5.02 Å². The molecule has 0 aliphatic carbocycles. The second-order valence-electron chi connectivity index (χ2n) is 5.44. The second-order valence-corrected chi connectivity index (χ2v) is 6.62. The molecule has 1 atom stereocenters. The lowest BCUT2D eigenvalue weighted by atomic mass is 10.1. The van der Waals surface area contributed by atoms with Crippen molar-refractivity contribution in [2.24, 2.45) is 0 Å². The maximum Gasteiger partial charge on any atom is 0.220 e. The van der Waals surface area contributed by atoms with Gasteiger partial charge in [-0.1, -0.05) is 29.8 Å². The molecule has 0 saturated carbocycles. The molecule has 0 aliphatic heterocycles. The number of nitrogens with one attached hydrogen (secondary N) is 1. The van der Waals surface area contributed by atoms with E-state index in [4.69, 9.17) is 11.6 Å². The number of rotatable bonds is 7. The monoisotopic (exact) mass is 336 g/mol. The molecular weight excluding hydrogens is 316 g/mol. The summed E-state index contributed by atoms with van der Waals surface area (Å²) in [5.41, 5.74) is 2.25. The van der Waals surface area contributed by atoms with E-state index in [1.54, 1.807) is 11.3 Å². The predicted octanol–water partition coefficient (Wildman–Crippen LogP) is 3.75. The summed E-state index contributed by atoms with van der Waals surface area (Å²) in [5, 5.41) is 7.86. The van der Waals surface area contributed by atoms with Gasteiger partial charge >= 0.3 is 0 Å². The summed E-state index contributed by atoms with van der Waals surface area (Å²) in [6, 6.07) is 9.90. The summed E-state index contributed by atoms with van der Waals surface area (Å²) in [6.45, 7) is 0.555. The Labute approximate surface area is 140 Å². The van der Waals surface area contributed by atoms with Gasteiger partial charge in [-0.3, -0.25) is 4.79 Å². The number of benzene rings is 1. The molecule has 1 aromatic carbocycles. The van der Waals surface area contributed by atoms with E-state index in [1.807, 2.05) is 43.7 Å². The van der Waals surface area contributed by atoms with Gasteiger partial charge in [0.15, 0.2) is 0 Å². The highest BCUT2D eigenvalue weighted by Gasteiger charge is 2.17. The molecule has 1 amide bonds. The summed E-state index contributed by atoms with van der Waals surface area (Å²) in [5.74, 6) is 0.0742. The van der Waals surface area contributed by atoms with Gasteiger partial charge < -0.3 is 10.2 Å². The predicted molar refractivity (Wildman–Crippen MR) is 93.5 cm³/mol. The van der Waals surface area contributed by atoms with Crippen LogP contribution in [-0.4, -0.2) is 31.4 Å². The highest BCUT2D eigenvalue weighted by atomic mass is 35.5. The van der Waals surface area contributed by atoms with Gasteiger partial charge in [-0.2, -0.15) is 11.3 Å². The Morgan fingerprint density at radius 1 is 1.32 bits per heavy atom. The highest BCUT2D eigenvalue weighted by Crippen LogP contribution is 2.25. The third-order valence-corrected chi connectivity index (χ3v) is 4.68. The molecule has 0 bridgehead atoms. The van der Waals surface area contributed by atoms with Crippen LogP contribution in [0.3, 0.4) is 0 Å². The van der Waals surface area contributed by atoms with Gasteiger partial charge in [0.2, 0.25) is 5.91 Å². The molecule has 2 rings (SSSR count). The Morgan fingerprint density at radius 3 is 2.73 bits per heavy atom. The van der Waals surface area contributed by atoms with E-state index in [1.165, 1.54) is 5.56 Å². The summed E-state index contributed by atoms with van der Waals surface area (Å²) in [4.78, 5) is 14.1. The van der Waals surface area contributed by atoms with Crippen molar-refractivity contribution in [1.29, 1.82) is 0 Å². The highest BCUT2D eigenvalue weighted by molar-refractivity contribution is 7.07. The van der Waals surface area contributed by atoms with Gasteiger partial charge in [-0.25, -0.2) is 0 Å². The molecule has 0 aliphatic rings. The molecular formula is C17H21ClN2OS. The van der Waals surface area contributed by atoms with Crippen LogP contribution in [0, 0.1) is 0 Å². The SMILES string of the molecule is CN(C)C(CNC(=O)CCc1ccsc1)c1ccccc1Cl. The standard InChI is InChI=1S/C17H21ClN2OS/c1-20(2)16(14-5-3-4-6-15(14)18)11-19-17(21)8-7-13-9-10-22-12-13/h3-6,9-10,12,16H,7-8,11H2,1-2H3,(H,19,21). The molecule has 0 radical (unpaired) electrons. The number of hydrogen-bond donors (Lipinski definition) is 1. The maximum atomic E-state index is 12.0. The van der Waals surface area contributed by atoms with Gasteiger partial charge in [0.1, 0.15) is 0 Å². The van der Waals surface area contributed by atoms with Crippen molar-refractivity contribution in [1.82, 2.24) is 10.2 Å². The number of hydrogen-bond acceptors (Lipinski definition) is 3. The molecule has 0 fully saturated rings. The minimum absolute atomic E-state index is 0.0683. The molecule has 118 valence electrons. The third kappa shape index (κ3) is 4.83. The van der Waals surface area contributed by atoms with Gasteiger partial charge in [0, 0.05) is 18.0 Å². The molecule has 1 N–H and O–H groups in total. The Bertz CT molecular complexity index is 598. The number of amides is 1. The summed E-state index contributed by atoms with van der Waals surface area (Å²) in [7, 11) is 3.98. The fraction of sp³-hybridized carbons (Fsp3) is 0.353. The van der Waals surface area contributed by atoms with Crippen LogP contribution in [0.5, 0.6) is 0 Å². The van der Waals surface area contributed by atoms with Gasteiger partial charge in [-0.05, 0) is 54.5 Å². The van der Waals surface area contributed by atoms with Crippen molar-refractivity contribution in [3.63, 3.8) is 0 Å². The van der Waals surface area contributed by atoms with E-state index in [9.17, 15) is 4.79 Å². The Kier molecular flexibility index (Phi) is 6.43. The fourth-order valence-corrected chi connectivity index (χ4v) is 3.27. The summed E-state index contributed by atoms with van der Waals surface area (Å²) in [6.07, 6.45) is 1.30. The van der Waals surface area contributed by atoms with Crippen LogP contribution in [0.25, 0.3) is 0 Å². The van der Waals surface area contributed by atoms with Gasteiger partial charge in [-0.15, -0.1) is 0 Å². The van der Waals surface area contributed by atoms with E-state index < -0.39 is 0 Å². The Balaban J connectivity index is 1.89. The minimum Gasteiger partial charge on any atom is -0.354 e. The number of carbonyl (C=O) groups is 1. The van der Waals surface area contributed by atoms with Crippen LogP contribution >= 0.6 is 22.9 Å². The lowest BCUT2D eigenvalue weighted by Gasteiger charge is -2.26. The Morgan fingerprint density at radius 2 is 2.09 bits per heavy atom. The number of halogens is 1. The van der Waals surface area contributed by atoms with E-state index in [0.29, 0.717) is 13.0 Å². The molecule has 5 heteroatoms. The lowest BCUT2D eigenvalue weighted by Crippen LogP contribution is -2.34. The van der Waals surface area contributed by atoms with Crippen LogP contribution < -0.4 is 5.32 Å². The van der Waals surface area contributed by atoms with Crippen molar-refractivity contribution in [2.75, 3.05) is 20.6 Å². The lowest BCUT2D eigenvalue weighted by molar-refractivity contribution is -0.121. The zero-order valence-corrected chi connectivity index (χ0v) is 14.5. The zero-order chi connectivity index (χ0) is 15.9. The van der Waals surface area contributed by atoms with E-state index in [-0.39, 0.29) is 11.9 Å². The Hall–Kier alpha value is -1.36. The minimum atomic E-state index is 0.0683. The molecule has 2 aromatic rings. The van der Waals surface area contributed by atoms with Crippen molar-refractivity contribution in [3.8, 4) is 0 Å². The normalized spacial score (nSPS) is 12.4. The molecule has 3 nitrogen and oxygen atoms in total. The smallest absolute Gasteiger partial charge is 0.220 e. The molecule has 22 heavy (non-hydrogen) atoms. The maximum absolute atomic E-state index is 12.0. The van der Waals surface area contributed by atoms with Crippen LogP contribution in [-0.2, 0) is 11.2 Å². The quantitative estimate of drug-likeness (QED) is 0.835. The van der Waals surface area contributed by atoms with Gasteiger partial charge in [0.25, 0.3) is 0 Å². The zero-order valence-electron chi connectivity index (χ0n) is 12.9. The average molecular weight is 337 g/mol. The van der Waals surface area contributed by atoms with Crippen molar-refractivity contribution < 1.29 is 4.79 Å². The van der Waals surface area contributed by atoms with Crippen molar-refractivity contribution in [2.45, 2.75) is 18.9 Å². The van der Waals surface area contributed by atoms with E-state index >= 15 is 0 Å². The number of nitrogens with zero attached hydrogens (tertiary/aromatic N) is 1. The van der Waals surface area contributed by atoms with Crippen LogP contribution in [0.15, 0.2) is 41.1 Å². The van der Waals surface area contributed by atoms with Crippen molar-refractivity contribution in [3.05, 3.63) is 57.2 Å². The van der Waals surface area contributed by atoms with Gasteiger partial charge in [0.05, 0.1) is 6.04 Å². The van der Waals surface area contributed by atoms with E-state index in [2.05, 4.69) is 21.7 Å². The van der Waals surface area contributed by atoms with E-state index in [0.717, 1.165) is 17.0 Å². The van der Waals surface area contributed by atoms with Crippen LogP contribution in [0.4, 0.5) is 0 Å². The first-order valence-electron chi connectivity index (χ1n) is 7.26. The first-order valence-corrected chi connectivity index (χ1v) is 8.58. The molecule has 0 saturated heterocycles.